The molecule has 14 heavy (non-hydrogen) atoms. The number of rotatable bonds is 1. The van der Waals surface area contributed by atoms with Crippen LogP contribution >= 0.6 is 15.9 Å². The lowest BCUT2D eigenvalue weighted by Crippen LogP contribution is -1.93. The van der Waals surface area contributed by atoms with E-state index in [0.717, 1.165) is 15.6 Å². The Morgan fingerprint density at radius 1 is 1.07 bits per heavy atom. The quantitative estimate of drug-likeness (QED) is 0.845. The van der Waals surface area contributed by atoms with Gasteiger partial charge in [0.05, 0.1) is 0 Å². The van der Waals surface area contributed by atoms with Crippen molar-refractivity contribution in [2.24, 2.45) is 0 Å². The van der Waals surface area contributed by atoms with Gasteiger partial charge in [-0.15, -0.1) is 0 Å². The van der Waals surface area contributed by atoms with Crippen LogP contribution in [0.2, 0.25) is 0 Å². The second-order valence-electron chi connectivity index (χ2n) is 2.84. The molecular formula is C10H8BrN3. The molecule has 0 radical (unpaired) electrons. The SMILES string of the molecule is Nc1ncc(-c2cccc(Br)c2)cn1. The molecule has 1 heterocycles. The highest BCUT2D eigenvalue weighted by Gasteiger charge is 1.98. The zero-order chi connectivity index (χ0) is 9.97. The number of benzene rings is 1. The first-order chi connectivity index (χ1) is 6.75. The van der Waals surface area contributed by atoms with Gasteiger partial charge in [0.1, 0.15) is 0 Å². The normalized spacial score (nSPS) is 10.1. The second-order valence-corrected chi connectivity index (χ2v) is 3.76. The van der Waals surface area contributed by atoms with E-state index < -0.39 is 0 Å². The number of nitrogen functional groups attached to an aromatic ring is 1. The number of nitrogens with zero attached hydrogens (tertiary/aromatic N) is 2. The third-order valence-corrected chi connectivity index (χ3v) is 2.32. The third kappa shape index (κ3) is 1.90. The Bertz CT molecular complexity index is 439. The van der Waals surface area contributed by atoms with Gasteiger partial charge >= 0.3 is 0 Å². The predicted octanol–water partition coefficient (Wildman–Crippen LogP) is 2.49. The largest absolute Gasteiger partial charge is 0.368 e. The first kappa shape index (κ1) is 9.15. The Morgan fingerprint density at radius 2 is 1.79 bits per heavy atom. The van der Waals surface area contributed by atoms with Gasteiger partial charge in [0.25, 0.3) is 0 Å². The van der Waals surface area contributed by atoms with Gasteiger partial charge in [0.2, 0.25) is 5.95 Å². The number of hydrogen-bond donors (Lipinski definition) is 1. The van der Waals surface area contributed by atoms with E-state index in [0.29, 0.717) is 5.95 Å². The van der Waals surface area contributed by atoms with Crippen molar-refractivity contribution >= 4 is 21.9 Å². The van der Waals surface area contributed by atoms with Gasteiger partial charge in [-0.05, 0) is 17.7 Å². The Hall–Kier alpha value is -1.42. The fourth-order valence-corrected chi connectivity index (χ4v) is 1.55. The molecule has 1 aromatic heterocycles. The highest BCUT2D eigenvalue weighted by Crippen LogP contribution is 2.21. The molecule has 0 aliphatic carbocycles. The summed E-state index contributed by atoms with van der Waals surface area (Å²) in [7, 11) is 0. The summed E-state index contributed by atoms with van der Waals surface area (Å²) in [4.78, 5) is 7.87. The van der Waals surface area contributed by atoms with E-state index in [1.165, 1.54) is 0 Å². The van der Waals surface area contributed by atoms with E-state index in [1.807, 2.05) is 24.3 Å². The summed E-state index contributed by atoms with van der Waals surface area (Å²) in [5.41, 5.74) is 7.43. The van der Waals surface area contributed by atoms with E-state index in [9.17, 15) is 0 Å². The summed E-state index contributed by atoms with van der Waals surface area (Å²) >= 11 is 3.41. The van der Waals surface area contributed by atoms with Gasteiger partial charge < -0.3 is 5.73 Å². The number of halogens is 1. The number of anilines is 1. The molecule has 0 amide bonds. The number of nitrogens with two attached hydrogens (primary N) is 1. The maximum Gasteiger partial charge on any atom is 0.219 e. The van der Waals surface area contributed by atoms with Crippen molar-refractivity contribution in [1.82, 2.24) is 9.97 Å². The molecule has 0 spiro atoms. The van der Waals surface area contributed by atoms with Crippen LogP contribution in [0.1, 0.15) is 0 Å². The van der Waals surface area contributed by atoms with Gasteiger partial charge in [-0.25, -0.2) is 9.97 Å². The number of aromatic nitrogens is 2. The minimum Gasteiger partial charge on any atom is -0.368 e. The van der Waals surface area contributed by atoms with Crippen LogP contribution in [-0.4, -0.2) is 9.97 Å². The summed E-state index contributed by atoms with van der Waals surface area (Å²) < 4.78 is 1.03. The average Bonchev–Trinajstić information content (AvgIpc) is 2.19. The summed E-state index contributed by atoms with van der Waals surface area (Å²) in [6, 6.07) is 7.95. The van der Waals surface area contributed by atoms with Gasteiger partial charge in [-0.2, -0.15) is 0 Å². The molecule has 0 atom stereocenters. The lowest BCUT2D eigenvalue weighted by molar-refractivity contribution is 1.19. The van der Waals surface area contributed by atoms with Gasteiger partial charge in [0, 0.05) is 22.4 Å². The minimum atomic E-state index is 0.295. The van der Waals surface area contributed by atoms with Crippen LogP contribution in [-0.2, 0) is 0 Å². The van der Waals surface area contributed by atoms with Crippen LogP contribution < -0.4 is 5.73 Å². The molecule has 2 N–H and O–H groups in total. The van der Waals surface area contributed by atoms with Crippen LogP contribution in [0.5, 0.6) is 0 Å². The Morgan fingerprint density at radius 3 is 2.43 bits per heavy atom. The lowest BCUT2D eigenvalue weighted by atomic mass is 10.1. The van der Waals surface area contributed by atoms with Crippen molar-refractivity contribution in [2.45, 2.75) is 0 Å². The maximum absolute atomic E-state index is 5.40. The molecule has 4 heteroatoms. The van der Waals surface area contributed by atoms with Crippen molar-refractivity contribution in [1.29, 1.82) is 0 Å². The van der Waals surface area contributed by atoms with Crippen molar-refractivity contribution in [2.75, 3.05) is 5.73 Å². The maximum atomic E-state index is 5.40. The van der Waals surface area contributed by atoms with Crippen molar-refractivity contribution in [3.8, 4) is 11.1 Å². The minimum absolute atomic E-state index is 0.295. The molecule has 1 aromatic carbocycles. The molecule has 70 valence electrons. The molecular weight excluding hydrogens is 242 g/mol. The molecule has 3 nitrogen and oxygen atoms in total. The summed E-state index contributed by atoms with van der Waals surface area (Å²) in [6.45, 7) is 0. The molecule has 0 bridgehead atoms. The zero-order valence-corrected chi connectivity index (χ0v) is 8.90. The Labute approximate surface area is 90.1 Å². The Balaban J connectivity index is 2.44. The van der Waals surface area contributed by atoms with E-state index in [-0.39, 0.29) is 0 Å². The molecule has 0 saturated heterocycles. The molecule has 2 aromatic rings. The fraction of sp³-hybridized carbons (Fsp3) is 0. The first-order valence-electron chi connectivity index (χ1n) is 4.09. The van der Waals surface area contributed by atoms with Crippen LogP contribution in [0.4, 0.5) is 5.95 Å². The van der Waals surface area contributed by atoms with E-state index in [2.05, 4.69) is 25.9 Å². The van der Waals surface area contributed by atoms with Gasteiger partial charge in [0.15, 0.2) is 0 Å². The standard InChI is InChI=1S/C10H8BrN3/c11-9-3-1-2-7(4-9)8-5-13-10(12)14-6-8/h1-6H,(H2,12,13,14). The van der Waals surface area contributed by atoms with E-state index >= 15 is 0 Å². The van der Waals surface area contributed by atoms with Crippen LogP contribution in [0.3, 0.4) is 0 Å². The van der Waals surface area contributed by atoms with Crippen LogP contribution in [0, 0.1) is 0 Å². The van der Waals surface area contributed by atoms with Crippen LogP contribution in [0.25, 0.3) is 11.1 Å². The molecule has 0 fully saturated rings. The van der Waals surface area contributed by atoms with E-state index in [4.69, 9.17) is 5.73 Å². The third-order valence-electron chi connectivity index (χ3n) is 1.83. The van der Waals surface area contributed by atoms with Crippen molar-refractivity contribution in [3.63, 3.8) is 0 Å². The highest BCUT2D eigenvalue weighted by atomic mass is 79.9. The predicted molar refractivity (Wildman–Crippen MR) is 59.6 cm³/mol. The molecule has 2 rings (SSSR count). The first-order valence-corrected chi connectivity index (χ1v) is 4.88. The monoisotopic (exact) mass is 249 g/mol. The summed E-state index contributed by atoms with van der Waals surface area (Å²) in [5, 5.41) is 0. The Kier molecular flexibility index (Phi) is 2.45. The average molecular weight is 250 g/mol. The summed E-state index contributed by atoms with van der Waals surface area (Å²) in [6.07, 6.45) is 3.42. The van der Waals surface area contributed by atoms with Gasteiger partial charge in [-0.1, -0.05) is 28.1 Å². The molecule has 0 saturated carbocycles. The number of hydrogen-bond acceptors (Lipinski definition) is 3. The topological polar surface area (TPSA) is 51.8 Å². The summed E-state index contributed by atoms with van der Waals surface area (Å²) in [5.74, 6) is 0.295. The van der Waals surface area contributed by atoms with Crippen molar-refractivity contribution < 1.29 is 0 Å². The van der Waals surface area contributed by atoms with Gasteiger partial charge in [-0.3, -0.25) is 0 Å². The molecule has 0 unspecified atom stereocenters. The van der Waals surface area contributed by atoms with Crippen molar-refractivity contribution in [3.05, 3.63) is 41.1 Å². The second kappa shape index (κ2) is 3.75. The molecule has 0 aliphatic rings. The molecule has 0 aliphatic heterocycles. The van der Waals surface area contributed by atoms with E-state index in [1.54, 1.807) is 12.4 Å². The van der Waals surface area contributed by atoms with Crippen LogP contribution in [0.15, 0.2) is 41.1 Å². The fourth-order valence-electron chi connectivity index (χ4n) is 1.16. The zero-order valence-electron chi connectivity index (χ0n) is 7.31. The smallest absolute Gasteiger partial charge is 0.219 e. The highest BCUT2D eigenvalue weighted by molar-refractivity contribution is 9.10. The lowest BCUT2D eigenvalue weighted by Gasteiger charge is -2.00.